The van der Waals surface area contributed by atoms with Crippen LogP contribution in [0.25, 0.3) is 0 Å². The zero-order chi connectivity index (χ0) is 12.9. The molecule has 5 nitrogen and oxygen atoms in total. The Bertz CT molecular complexity index is 496. The lowest BCUT2D eigenvalue weighted by molar-refractivity contribution is 0.0690. The van der Waals surface area contributed by atoms with Gasteiger partial charge in [0.15, 0.2) is 9.84 Å². The van der Waals surface area contributed by atoms with E-state index in [0.29, 0.717) is 6.42 Å². The molecule has 1 heterocycles. The fourth-order valence-electron chi connectivity index (χ4n) is 1.34. The summed E-state index contributed by atoms with van der Waals surface area (Å²) in [6.45, 7) is 1.92. The molecule has 0 aliphatic heterocycles. The van der Waals surface area contributed by atoms with E-state index in [-0.39, 0.29) is 22.9 Å². The van der Waals surface area contributed by atoms with Crippen LogP contribution in [0, 0.1) is 0 Å². The Hall–Kier alpha value is -1.43. The Morgan fingerprint density at radius 3 is 2.71 bits per heavy atom. The van der Waals surface area contributed by atoms with Crippen molar-refractivity contribution in [1.82, 2.24) is 4.98 Å². The van der Waals surface area contributed by atoms with Gasteiger partial charge in [-0.05, 0) is 18.6 Å². The summed E-state index contributed by atoms with van der Waals surface area (Å²) in [7, 11) is -3.19. The van der Waals surface area contributed by atoms with Crippen LogP contribution in [-0.2, 0) is 15.6 Å². The summed E-state index contributed by atoms with van der Waals surface area (Å²) in [6.07, 6.45) is 1.42. The maximum atomic E-state index is 11.7. The normalized spacial score (nSPS) is 11.4. The van der Waals surface area contributed by atoms with Crippen molar-refractivity contribution < 1.29 is 18.3 Å². The molecule has 1 aromatic rings. The zero-order valence-corrected chi connectivity index (χ0v) is 10.4. The minimum Gasteiger partial charge on any atom is -0.477 e. The van der Waals surface area contributed by atoms with Crippen LogP contribution in [0.2, 0.25) is 0 Å². The molecule has 94 valence electrons. The van der Waals surface area contributed by atoms with Crippen LogP contribution in [0.4, 0.5) is 0 Å². The van der Waals surface area contributed by atoms with E-state index < -0.39 is 15.8 Å². The second-order valence-corrected chi connectivity index (χ2v) is 5.95. The molecule has 0 atom stereocenters. The first-order chi connectivity index (χ1) is 7.94. The molecule has 0 spiro atoms. The highest BCUT2D eigenvalue weighted by molar-refractivity contribution is 7.90. The monoisotopic (exact) mass is 257 g/mol. The molecule has 0 unspecified atom stereocenters. The van der Waals surface area contributed by atoms with Crippen molar-refractivity contribution in [3.05, 3.63) is 29.6 Å². The van der Waals surface area contributed by atoms with Gasteiger partial charge in [0, 0.05) is 0 Å². The SMILES string of the molecule is CCCCS(=O)(=O)Cc1cccc(C(=O)O)n1. The number of carboxylic acids is 1. The van der Waals surface area contributed by atoms with E-state index in [2.05, 4.69) is 4.98 Å². The van der Waals surface area contributed by atoms with Crippen LogP contribution in [-0.4, -0.2) is 30.2 Å². The van der Waals surface area contributed by atoms with E-state index in [1.165, 1.54) is 18.2 Å². The standard InChI is InChI=1S/C11H15NO4S/c1-2-3-7-17(15,16)8-9-5-4-6-10(12-9)11(13)14/h4-6H,2-3,7-8H2,1H3,(H,13,14). The van der Waals surface area contributed by atoms with Crippen LogP contribution < -0.4 is 0 Å². The van der Waals surface area contributed by atoms with Gasteiger partial charge in [-0.3, -0.25) is 0 Å². The summed E-state index contributed by atoms with van der Waals surface area (Å²) in [5, 5.41) is 8.74. The van der Waals surface area contributed by atoms with Gasteiger partial charge in [0.25, 0.3) is 0 Å². The topological polar surface area (TPSA) is 84.3 Å². The first-order valence-corrected chi connectivity index (χ1v) is 7.16. The molecule has 0 radical (unpaired) electrons. The van der Waals surface area contributed by atoms with Crippen LogP contribution in [0.15, 0.2) is 18.2 Å². The second kappa shape index (κ2) is 5.77. The van der Waals surface area contributed by atoms with Crippen molar-refractivity contribution >= 4 is 15.8 Å². The second-order valence-electron chi connectivity index (χ2n) is 3.76. The first-order valence-electron chi connectivity index (χ1n) is 5.34. The van der Waals surface area contributed by atoms with Crippen molar-refractivity contribution in [2.75, 3.05) is 5.75 Å². The molecule has 1 rings (SSSR count). The quantitative estimate of drug-likeness (QED) is 0.834. The highest BCUT2D eigenvalue weighted by Gasteiger charge is 2.13. The number of hydrogen-bond donors (Lipinski definition) is 1. The van der Waals surface area contributed by atoms with Crippen molar-refractivity contribution in [3.63, 3.8) is 0 Å². The van der Waals surface area contributed by atoms with Crippen molar-refractivity contribution in [3.8, 4) is 0 Å². The molecule has 17 heavy (non-hydrogen) atoms. The van der Waals surface area contributed by atoms with Crippen molar-refractivity contribution in [2.45, 2.75) is 25.5 Å². The molecule has 1 aromatic heterocycles. The number of aromatic carboxylic acids is 1. The van der Waals surface area contributed by atoms with Gasteiger partial charge in [0.05, 0.1) is 17.2 Å². The molecule has 1 N–H and O–H groups in total. The largest absolute Gasteiger partial charge is 0.477 e. The van der Waals surface area contributed by atoms with Crippen molar-refractivity contribution in [2.24, 2.45) is 0 Å². The van der Waals surface area contributed by atoms with E-state index in [1.54, 1.807) is 0 Å². The van der Waals surface area contributed by atoms with Crippen LogP contribution in [0.5, 0.6) is 0 Å². The van der Waals surface area contributed by atoms with Gasteiger partial charge in [0.2, 0.25) is 0 Å². The third-order valence-corrected chi connectivity index (χ3v) is 3.85. The molecule has 0 aliphatic carbocycles. The molecular formula is C11H15NO4S. The molecule has 0 fully saturated rings. The predicted molar refractivity (Wildman–Crippen MR) is 63.6 cm³/mol. The van der Waals surface area contributed by atoms with E-state index in [1.807, 2.05) is 6.92 Å². The summed E-state index contributed by atoms with van der Waals surface area (Å²) in [5.41, 5.74) is 0.147. The summed E-state index contributed by atoms with van der Waals surface area (Å²) < 4.78 is 23.3. The molecule has 0 bridgehead atoms. The number of nitrogens with zero attached hydrogens (tertiary/aromatic N) is 1. The highest BCUT2D eigenvalue weighted by Crippen LogP contribution is 2.07. The average molecular weight is 257 g/mol. The fourth-order valence-corrected chi connectivity index (χ4v) is 2.83. The van der Waals surface area contributed by atoms with Gasteiger partial charge in [-0.2, -0.15) is 0 Å². The lowest BCUT2D eigenvalue weighted by Crippen LogP contribution is -2.11. The zero-order valence-electron chi connectivity index (χ0n) is 9.59. The maximum absolute atomic E-state index is 11.7. The number of unbranched alkanes of at least 4 members (excludes halogenated alkanes) is 1. The summed E-state index contributed by atoms with van der Waals surface area (Å²) in [5.74, 6) is -1.24. The van der Waals surface area contributed by atoms with Crippen molar-refractivity contribution in [1.29, 1.82) is 0 Å². The molecule has 0 aliphatic rings. The lowest BCUT2D eigenvalue weighted by Gasteiger charge is -2.03. The van der Waals surface area contributed by atoms with Gasteiger partial charge < -0.3 is 5.11 Å². The number of sulfone groups is 1. The third-order valence-electron chi connectivity index (χ3n) is 2.20. The van der Waals surface area contributed by atoms with Gasteiger partial charge in [-0.25, -0.2) is 18.2 Å². The van der Waals surface area contributed by atoms with E-state index in [0.717, 1.165) is 6.42 Å². The maximum Gasteiger partial charge on any atom is 0.354 e. The number of carboxylic acid groups (broad SMARTS) is 1. The molecule has 0 amide bonds. The third kappa shape index (κ3) is 4.52. The highest BCUT2D eigenvalue weighted by atomic mass is 32.2. The van der Waals surface area contributed by atoms with Gasteiger partial charge in [-0.15, -0.1) is 0 Å². The lowest BCUT2D eigenvalue weighted by atomic mass is 10.3. The number of aromatic nitrogens is 1. The number of rotatable bonds is 6. The van der Waals surface area contributed by atoms with E-state index >= 15 is 0 Å². The summed E-state index contributed by atoms with van der Waals surface area (Å²) >= 11 is 0. The van der Waals surface area contributed by atoms with Crippen LogP contribution >= 0.6 is 0 Å². The van der Waals surface area contributed by atoms with Crippen LogP contribution in [0.3, 0.4) is 0 Å². The predicted octanol–water partition coefficient (Wildman–Crippen LogP) is 1.49. The first kappa shape index (κ1) is 13.6. The summed E-state index contributed by atoms with van der Waals surface area (Å²) in [6, 6.07) is 4.36. The number of hydrogen-bond acceptors (Lipinski definition) is 4. The Morgan fingerprint density at radius 2 is 2.12 bits per heavy atom. The van der Waals surface area contributed by atoms with Gasteiger partial charge >= 0.3 is 5.97 Å². The minimum atomic E-state index is -3.19. The minimum absolute atomic E-state index is 0.114. The number of pyridine rings is 1. The molecule has 6 heteroatoms. The number of carbonyl (C=O) groups is 1. The molecule has 0 saturated carbocycles. The fraction of sp³-hybridized carbons (Fsp3) is 0.455. The molecule has 0 saturated heterocycles. The van der Waals surface area contributed by atoms with E-state index in [9.17, 15) is 13.2 Å². The Balaban J connectivity index is 2.81. The van der Waals surface area contributed by atoms with Gasteiger partial charge in [0.1, 0.15) is 5.69 Å². The summed E-state index contributed by atoms with van der Waals surface area (Å²) in [4.78, 5) is 14.5. The Kier molecular flexibility index (Phi) is 4.62. The Morgan fingerprint density at radius 1 is 1.41 bits per heavy atom. The average Bonchev–Trinajstić information content (AvgIpc) is 2.26. The Labute approximate surface area is 100 Å². The van der Waals surface area contributed by atoms with E-state index in [4.69, 9.17) is 5.11 Å². The van der Waals surface area contributed by atoms with Gasteiger partial charge in [-0.1, -0.05) is 19.4 Å². The van der Waals surface area contributed by atoms with Crippen LogP contribution in [0.1, 0.15) is 35.9 Å². The molecule has 0 aromatic carbocycles. The molecular weight excluding hydrogens is 242 g/mol. The smallest absolute Gasteiger partial charge is 0.354 e.